The number of aliphatic carboxylic acids is 1. The average molecular weight is 394 g/mol. The second-order valence-electron chi connectivity index (χ2n) is 6.11. The van der Waals surface area contributed by atoms with Gasteiger partial charge in [0.15, 0.2) is 14.6 Å². The van der Waals surface area contributed by atoms with Crippen molar-refractivity contribution >= 4 is 21.5 Å². The minimum absolute atomic E-state index is 0.0531. The fourth-order valence-electron chi connectivity index (χ4n) is 3.37. The number of carboxylic acid groups (broad SMARTS) is 1. The highest BCUT2D eigenvalue weighted by atomic mass is 32.2. The van der Waals surface area contributed by atoms with E-state index in [2.05, 4.69) is 5.32 Å². The molecule has 0 aliphatic carbocycles. The highest BCUT2D eigenvalue weighted by Crippen LogP contribution is 2.44. The predicted molar refractivity (Wildman–Crippen MR) is 92.4 cm³/mol. The first kappa shape index (κ1) is 18.9. The first-order valence-corrected chi connectivity index (χ1v) is 9.40. The maximum Gasteiger partial charge on any atom is 0.327 e. The smallest absolute Gasteiger partial charge is 0.327 e. The normalized spacial score (nSPS) is 22.5. The van der Waals surface area contributed by atoms with Gasteiger partial charge in [-0.1, -0.05) is 18.2 Å². The number of nitrogens with zero attached hydrogens (tertiary/aromatic N) is 1. The van der Waals surface area contributed by atoms with E-state index in [1.54, 1.807) is 0 Å². The molecule has 0 radical (unpaired) electrons. The van der Waals surface area contributed by atoms with E-state index in [9.17, 15) is 32.8 Å². The van der Waals surface area contributed by atoms with Gasteiger partial charge in [-0.25, -0.2) is 12.8 Å². The van der Waals surface area contributed by atoms with Crippen LogP contribution in [-0.4, -0.2) is 35.7 Å². The quantitative estimate of drug-likeness (QED) is 0.587. The van der Waals surface area contributed by atoms with E-state index < -0.39 is 37.3 Å². The third kappa shape index (κ3) is 2.86. The number of rotatable bonds is 5. The third-order valence-corrected chi connectivity index (χ3v) is 7.19. The van der Waals surface area contributed by atoms with Crippen LogP contribution in [0, 0.1) is 15.9 Å². The topological polar surface area (TPSA) is 127 Å². The number of benzene rings is 2. The van der Waals surface area contributed by atoms with Crippen molar-refractivity contribution in [1.82, 2.24) is 5.32 Å². The Labute approximate surface area is 153 Å². The summed E-state index contributed by atoms with van der Waals surface area (Å²) in [6.45, 7) is 0.0531. The zero-order chi connectivity index (χ0) is 19.8. The van der Waals surface area contributed by atoms with Crippen molar-refractivity contribution in [3.8, 4) is 0 Å². The largest absolute Gasteiger partial charge is 0.480 e. The van der Waals surface area contributed by atoms with Gasteiger partial charge in [0.25, 0.3) is 5.69 Å². The van der Waals surface area contributed by atoms with Gasteiger partial charge in [0, 0.05) is 17.7 Å². The van der Waals surface area contributed by atoms with Gasteiger partial charge in [0.05, 0.1) is 15.9 Å². The van der Waals surface area contributed by atoms with E-state index in [1.807, 2.05) is 0 Å². The number of nitro groups is 1. The van der Waals surface area contributed by atoms with Crippen LogP contribution in [0.1, 0.15) is 18.0 Å². The van der Waals surface area contributed by atoms with Crippen molar-refractivity contribution < 1.29 is 27.6 Å². The molecule has 0 spiro atoms. The zero-order valence-electron chi connectivity index (χ0n) is 13.8. The molecule has 2 aromatic rings. The Hall–Kier alpha value is -2.85. The fourth-order valence-corrected chi connectivity index (χ4v) is 5.41. The zero-order valence-corrected chi connectivity index (χ0v) is 14.6. The van der Waals surface area contributed by atoms with Crippen molar-refractivity contribution in [2.75, 3.05) is 6.54 Å². The lowest BCUT2D eigenvalue weighted by Gasteiger charge is -2.31. The summed E-state index contributed by atoms with van der Waals surface area (Å²) in [6.07, 6.45) is -0.277. The molecule has 1 heterocycles. The van der Waals surface area contributed by atoms with Crippen molar-refractivity contribution in [3.05, 3.63) is 70.0 Å². The van der Waals surface area contributed by atoms with Gasteiger partial charge < -0.3 is 10.4 Å². The molecule has 1 saturated heterocycles. The summed E-state index contributed by atoms with van der Waals surface area (Å²) in [5.41, 5.74) is -0.392. The first-order chi connectivity index (χ1) is 12.7. The summed E-state index contributed by atoms with van der Waals surface area (Å²) < 4.78 is 38.5. The lowest BCUT2D eigenvalue weighted by atomic mass is 9.93. The summed E-state index contributed by atoms with van der Waals surface area (Å²) >= 11 is 0. The van der Waals surface area contributed by atoms with Crippen molar-refractivity contribution in [1.29, 1.82) is 0 Å². The summed E-state index contributed by atoms with van der Waals surface area (Å²) in [5.74, 6) is -2.33. The van der Waals surface area contributed by atoms with E-state index in [1.165, 1.54) is 18.2 Å². The molecular weight excluding hydrogens is 379 g/mol. The van der Waals surface area contributed by atoms with Gasteiger partial charge in [0.1, 0.15) is 5.82 Å². The molecule has 2 atom stereocenters. The molecule has 1 aliphatic heterocycles. The highest BCUT2D eigenvalue weighted by Gasteiger charge is 2.60. The van der Waals surface area contributed by atoms with Crippen LogP contribution in [0.4, 0.5) is 10.1 Å². The molecule has 1 fully saturated rings. The molecule has 2 aromatic carbocycles. The molecule has 3 rings (SSSR count). The van der Waals surface area contributed by atoms with E-state index in [-0.39, 0.29) is 29.1 Å². The van der Waals surface area contributed by atoms with Gasteiger partial charge in [-0.05, 0) is 31.2 Å². The van der Waals surface area contributed by atoms with Crippen LogP contribution in [-0.2, 0) is 14.6 Å². The number of non-ortho nitro benzene ring substituents is 1. The van der Waals surface area contributed by atoms with E-state index in [4.69, 9.17) is 0 Å². The average Bonchev–Trinajstić information content (AvgIpc) is 3.09. The molecule has 10 heteroatoms. The maximum absolute atomic E-state index is 14.3. The van der Waals surface area contributed by atoms with Gasteiger partial charge in [-0.15, -0.1) is 0 Å². The highest BCUT2D eigenvalue weighted by molar-refractivity contribution is 7.93. The van der Waals surface area contributed by atoms with Crippen LogP contribution in [0.15, 0.2) is 53.4 Å². The Morgan fingerprint density at radius 3 is 2.41 bits per heavy atom. The summed E-state index contributed by atoms with van der Waals surface area (Å²) in [6, 6.07) is 8.03. The van der Waals surface area contributed by atoms with Crippen molar-refractivity contribution in [2.45, 2.75) is 22.1 Å². The molecule has 0 amide bonds. The number of sulfone groups is 1. The van der Waals surface area contributed by atoms with Crippen LogP contribution in [0.25, 0.3) is 0 Å². The summed E-state index contributed by atoms with van der Waals surface area (Å²) in [4.78, 5) is 21.9. The molecular formula is C17H15FN2O6S. The Morgan fingerprint density at radius 2 is 1.85 bits per heavy atom. The molecule has 0 saturated carbocycles. The van der Waals surface area contributed by atoms with Gasteiger partial charge in [-0.2, -0.15) is 0 Å². The van der Waals surface area contributed by atoms with Crippen molar-refractivity contribution in [2.24, 2.45) is 0 Å². The Bertz CT molecular complexity index is 1010. The predicted octanol–water partition coefficient (Wildman–Crippen LogP) is 2.07. The van der Waals surface area contributed by atoms with Gasteiger partial charge >= 0.3 is 5.97 Å². The monoisotopic (exact) mass is 394 g/mol. The van der Waals surface area contributed by atoms with Crippen LogP contribution < -0.4 is 5.32 Å². The van der Waals surface area contributed by atoms with E-state index in [0.29, 0.717) is 0 Å². The molecule has 8 nitrogen and oxygen atoms in total. The minimum Gasteiger partial charge on any atom is -0.480 e. The summed E-state index contributed by atoms with van der Waals surface area (Å²) in [7, 11) is -4.51. The maximum atomic E-state index is 14.3. The van der Waals surface area contributed by atoms with Crippen LogP contribution >= 0.6 is 0 Å². The number of hydrogen-bond donors (Lipinski definition) is 2. The SMILES string of the molecule is O=C(O)C1(S(=O)(=O)c2ccc([N+](=O)[O-])cc2)CCNC1c1ccccc1F. The van der Waals surface area contributed by atoms with Gasteiger partial charge in [-0.3, -0.25) is 14.9 Å². The minimum atomic E-state index is -4.51. The lowest BCUT2D eigenvalue weighted by Crippen LogP contribution is -2.50. The van der Waals surface area contributed by atoms with E-state index >= 15 is 0 Å². The number of hydrogen-bond acceptors (Lipinski definition) is 6. The Balaban J connectivity index is 2.17. The molecule has 1 aliphatic rings. The van der Waals surface area contributed by atoms with Crippen LogP contribution in [0.5, 0.6) is 0 Å². The molecule has 2 N–H and O–H groups in total. The number of carbonyl (C=O) groups is 1. The fraction of sp³-hybridized carbons (Fsp3) is 0.235. The lowest BCUT2D eigenvalue weighted by molar-refractivity contribution is -0.384. The Morgan fingerprint density at radius 1 is 1.22 bits per heavy atom. The second-order valence-corrected chi connectivity index (χ2v) is 8.31. The molecule has 0 aromatic heterocycles. The number of halogens is 1. The number of carboxylic acids is 1. The molecule has 142 valence electrons. The van der Waals surface area contributed by atoms with Crippen LogP contribution in [0.3, 0.4) is 0 Å². The third-order valence-electron chi connectivity index (χ3n) is 4.73. The standard InChI is InChI=1S/C17H15FN2O6S/c18-14-4-2-1-3-13(14)15-17(16(21)22,9-10-19-15)27(25,26)12-7-5-11(6-8-12)20(23)24/h1-8,15,19H,9-10H2,(H,21,22). The van der Waals surface area contributed by atoms with Gasteiger partial charge in [0.2, 0.25) is 0 Å². The number of nitrogens with one attached hydrogen (secondary N) is 1. The Kier molecular flexibility index (Phi) is 4.70. The molecule has 2 unspecified atom stereocenters. The molecule has 0 bridgehead atoms. The number of nitro benzene ring substituents is 1. The molecule has 27 heavy (non-hydrogen) atoms. The van der Waals surface area contributed by atoms with Crippen molar-refractivity contribution in [3.63, 3.8) is 0 Å². The van der Waals surface area contributed by atoms with Crippen LogP contribution in [0.2, 0.25) is 0 Å². The van der Waals surface area contributed by atoms with E-state index in [0.717, 1.165) is 30.3 Å². The summed E-state index contributed by atoms with van der Waals surface area (Å²) in [5, 5.41) is 23.4. The second kappa shape index (κ2) is 6.71. The first-order valence-electron chi connectivity index (χ1n) is 7.92.